The van der Waals surface area contributed by atoms with Gasteiger partial charge in [0.15, 0.2) is 5.82 Å². The number of hydrogen-bond acceptors (Lipinski definition) is 5. The summed E-state index contributed by atoms with van der Waals surface area (Å²) in [4.78, 5) is 22.7. The molecule has 1 amide bonds. The van der Waals surface area contributed by atoms with Gasteiger partial charge in [0.05, 0.1) is 11.5 Å². The van der Waals surface area contributed by atoms with Gasteiger partial charge < -0.3 is 5.32 Å². The van der Waals surface area contributed by atoms with Crippen LogP contribution in [0, 0.1) is 22.9 Å². The highest BCUT2D eigenvalue weighted by Gasteiger charge is 2.26. The van der Waals surface area contributed by atoms with Crippen molar-refractivity contribution in [1.82, 2.24) is 19.6 Å². The zero-order chi connectivity index (χ0) is 18.8. The minimum atomic E-state index is -0.702. The van der Waals surface area contributed by atoms with Crippen LogP contribution < -0.4 is 5.32 Å². The van der Waals surface area contributed by atoms with Gasteiger partial charge in [0.25, 0.3) is 5.91 Å². The average Bonchev–Trinajstić information content (AvgIpc) is 3.12. The number of nitro groups is 1. The monoisotopic (exact) mass is 358 g/mol. The van der Waals surface area contributed by atoms with Crippen LogP contribution in [0.15, 0.2) is 36.5 Å². The van der Waals surface area contributed by atoms with Gasteiger partial charge in [-0.15, -0.1) is 0 Å². The number of rotatable bonds is 5. The topological polar surface area (TPSA) is 108 Å². The molecule has 1 N–H and O–H groups in total. The summed E-state index contributed by atoms with van der Waals surface area (Å²) in [5, 5.41) is 21.5. The number of carbonyl (C=O) groups excluding carboxylic acids is 1. The van der Waals surface area contributed by atoms with E-state index in [-0.39, 0.29) is 23.9 Å². The van der Waals surface area contributed by atoms with Crippen LogP contribution in [-0.2, 0) is 13.6 Å². The lowest BCUT2D eigenvalue weighted by atomic mass is 10.2. The Morgan fingerprint density at radius 1 is 1.38 bits per heavy atom. The number of aromatic nitrogens is 4. The number of carbonyl (C=O) groups is 1. The molecule has 10 heteroatoms. The fourth-order valence-electron chi connectivity index (χ4n) is 2.52. The van der Waals surface area contributed by atoms with Gasteiger partial charge in [-0.05, 0) is 13.0 Å². The highest BCUT2D eigenvalue weighted by Crippen LogP contribution is 2.19. The van der Waals surface area contributed by atoms with Gasteiger partial charge in [-0.1, -0.05) is 18.2 Å². The molecule has 0 fully saturated rings. The lowest BCUT2D eigenvalue weighted by molar-refractivity contribution is -0.385. The number of aryl methyl sites for hydroxylation is 2. The zero-order valence-electron chi connectivity index (χ0n) is 14.0. The maximum absolute atomic E-state index is 13.8. The van der Waals surface area contributed by atoms with Gasteiger partial charge in [0, 0.05) is 24.4 Å². The normalized spacial score (nSPS) is 10.7. The van der Waals surface area contributed by atoms with E-state index < -0.39 is 16.5 Å². The van der Waals surface area contributed by atoms with Crippen LogP contribution in [0.2, 0.25) is 0 Å². The molecule has 0 saturated carbocycles. The third-order valence-corrected chi connectivity index (χ3v) is 3.83. The summed E-state index contributed by atoms with van der Waals surface area (Å²) in [7, 11) is 1.43. The predicted molar refractivity (Wildman–Crippen MR) is 90.3 cm³/mol. The van der Waals surface area contributed by atoms with E-state index in [0.717, 1.165) is 10.9 Å². The summed E-state index contributed by atoms with van der Waals surface area (Å²) in [6, 6.07) is 7.93. The van der Waals surface area contributed by atoms with Gasteiger partial charge in [0.2, 0.25) is 5.69 Å². The first-order valence-corrected chi connectivity index (χ1v) is 7.62. The minimum absolute atomic E-state index is 0.184. The van der Waals surface area contributed by atoms with E-state index in [1.807, 2.05) is 0 Å². The lowest BCUT2D eigenvalue weighted by Crippen LogP contribution is -2.18. The Morgan fingerprint density at radius 2 is 2.12 bits per heavy atom. The Kier molecular flexibility index (Phi) is 4.48. The third kappa shape index (κ3) is 3.29. The fourth-order valence-corrected chi connectivity index (χ4v) is 2.52. The van der Waals surface area contributed by atoms with Crippen LogP contribution in [-0.4, -0.2) is 30.4 Å². The molecule has 0 atom stereocenters. The van der Waals surface area contributed by atoms with Crippen molar-refractivity contribution in [3.8, 4) is 0 Å². The molecule has 9 nitrogen and oxygen atoms in total. The highest BCUT2D eigenvalue weighted by atomic mass is 19.1. The van der Waals surface area contributed by atoms with E-state index in [2.05, 4.69) is 15.5 Å². The van der Waals surface area contributed by atoms with E-state index in [0.29, 0.717) is 11.3 Å². The molecule has 0 spiro atoms. The Morgan fingerprint density at radius 3 is 2.81 bits per heavy atom. The standard InChI is InChI=1S/C16H15FN6O3/c1-10-7-14(20-22(10)9-11-5-3-4-6-12(11)17)19-16(24)15-13(23(25)26)8-18-21(15)2/h3-8H,9H2,1-2H3,(H,19,20,24). The molecular formula is C16H15FN6O3. The number of halogens is 1. The Hall–Kier alpha value is -3.56. The fraction of sp³-hybridized carbons (Fsp3) is 0.188. The quantitative estimate of drug-likeness (QED) is 0.556. The summed E-state index contributed by atoms with van der Waals surface area (Å²) < 4.78 is 16.4. The second-order valence-corrected chi connectivity index (χ2v) is 5.63. The van der Waals surface area contributed by atoms with Crippen molar-refractivity contribution in [2.45, 2.75) is 13.5 Å². The summed E-state index contributed by atoms with van der Waals surface area (Å²) in [5.41, 5.74) is 0.575. The van der Waals surface area contributed by atoms with Gasteiger partial charge >= 0.3 is 5.69 Å². The van der Waals surface area contributed by atoms with Crippen LogP contribution in [0.5, 0.6) is 0 Å². The number of nitrogens with one attached hydrogen (secondary N) is 1. The summed E-state index contributed by atoms with van der Waals surface area (Å²) in [6.07, 6.45) is 1.01. The summed E-state index contributed by atoms with van der Waals surface area (Å²) in [5.74, 6) is -0.843. The number of nitrogens with zero attached hydrogens (tertiary/aromatic N) is 5. The first-order chi connectivity index (χ1) is 12.4. The van der Waals surface area contributed by atoms with E-state index in [4.69, 9.17) is 0 Å². The smallest absolute Gasteiger partial charge is 0.303 e. The van der Waals surface area contributed by atoms with Gasteiger partial charge in [-0.25, -0.2) is 4.39 Å². The predicted octanol–water partition coefficient (Wildman–Crippen LogP) is 2.27. The SMILES string of the molecule is Cc1cc(NC(=O)c2c([N+](=O)[O-])cnn2C)nn1Cc1ccccc1F. The number of anilines is 1. The maximum Gasteiger partial charge on any atom is 0.320 e. The zero-order valence-corrected chi connectivity index (χ0v) is 14.0. The van der Waals surface area contributed by atoms with Crippen LogP contribution >= 0.6 is 0 Å². The van der Waals surface area contributed by atoms with Crippen LogP contribution in [0.25, 0.3) is 0 Å². The molecule has 2 heterocycles. The molecule has 26 heavy (non-hydrogen) atoms. The Labute approximate surface area is 147 Å². The number of benzene rings is 1. The number of amides is 1. The molecule has 134 valence electrons. The minimum Gasteiger partial charge on any atom is -0.303 e. The highest BCUT2D eigenvalue weighted by molar-refractivity contribution is 6.05. The van der Waals surface area contributed by atoms with E-state index in [1.165, 1.54) is 17.8 Å². The molecule has 3 rings (SSSR count). The molecule has 3 aromatic rings. The third-order valence-electron chi connectivity index (χ3n) is 3.83. The van der Waals surface area contributed by atoms with Crippen molar-refractivity contribution in [3.63, 3.8) is 0 Å². The van der Waals surface area contributed by atoms with Crippen molar-refractivity contribution in [2.75, 3.05) is 5.32 Å². The molecule has 0 bridgehead atoms. The molecule has 0 aliphatic rings. The van der Waals surface area contributed by atoms with Crippen LogP contribution in [0.3, 0.4) is 0 Å². The summed E-state index contributed by atoms with van der Waals surface area (Å²) >= 11 is 0. The van der Waals surface area contributed by atoms with Crippen molar-refractivity contribution >= 4 is 17.4 Å². The van der Waals surface area contributed by atoms with Gasteiger partial charge in [0.1, 0.15) is 12.0 Å². The molecule has 0 aliphatic carbocycles. The van der Waals surface area contributed by atoms with Crippen molar-refractivity contribution in [3.05, 3.63) is 69.4 Å². The van der Waals surface area contributed by atoms with Gasteiger partial charge in [-0.3, -0.25) is 24.3 Å². The molecule has 0 radical (unpaired) electrons. The van der Waals surface area contributed by atoms with E-state index >= 15 is 0 Å². The van der Waals surface area contributed by atoms with Crippen LogP contribution in [0.1, 0.15) is 21.7 Å². The lowest BCUT2D eigenvalue weighted by Gasteiger charge is -2.05. The van der Waals surface area contributed by atoms with Crippen molar-refractivity contribution in [1.29, 1.82) is 0 Å². The molecule has 0 unspecified atom stereocenters. The largest absolute Gasteiger partial charge is 0.320 e. The van der Waals surface area contributed by atoms with Gasteiger partial charge in [-0.2, -0.15) is 10.2 Å². The molecule has 1 aromatic carbocycles. The maximum atomic E-state index is 13.8. The second-order valence-electron chi connectivity index (χ2n) is 5.63. The van der Waals surface area contributed by atoms with Crippen LogP contribution in [0.4, 0.5) is 15.9 Å². The Balaban J connectivity index is 1.82. The second kappa shape index (κ2) is 6.75. The van der Waals surface area contributed by atoms with Crippen molar-refractivity contribution < 1.29 is 14.1 Å². The molecule has 2 aromatic heterocycles. The summed E-state index contributed by atoms with van der Waals surface area (Å²) in [6.45, 7) is 1.95. The average molecular weight is 358 g/mol. The molecule has 0 saturated heterocycles. The van der Waals surface area contributed by atoms with Crippen molar-refractivity contribution in [2.24, 2.45) is 7.05 Å². The Bertz CT molecular complexity index is 994. The van der Waals surface area contributed by atoms with E-state index in [9.17, 15) is 19.3 Å². The molecule has 0 aliphatic heterocycles. The molecular weight excluding hydrogens is 343 g/mol. The first-order valence-electron chi connectivity index (χ1n) is 7.62. The first kappa shape index (κ1) is 17.3. The van der Waals surface area contributed by atoms with E-state index in [1.54, 1.807) is 31.2 Å². The number of hydrogen-bond donors (Lipinski definition) is 1.